The number of rotatable bonds is 0. The molecule has 5 heteroatoms. The third-order valence-corrected chi connectivity index (χ3v) is 1.13. The van der Waals surface area contributed by atoms with E-state index in [-0.39, 0.29) is 6.07 Å². The van der Waals surface area contributed by atoms with E-state index in [0.717, 1.165) is 0 Å². The summed E-state index contributed by atoms with van der Waals surface area (Å²) in [4.78, 5) is 0. The third-order valence-electron chi connectivity index (χ3n) is 1.13. The largest absolute Gasteiger partial charge is 0.502 e. The molecule has 0 spiro atoms. The first-order valence-electron chi connectivity index (χ1n) is 2.61. The summed E-state index contributed by atoms with van der Waals surface area (Å²) in [6, 6.07) is 0.254. The van der Waals surface area contributed by atoms with E-state index < -0.39 is 28.9 Å². The molecule has 0 fully saturated rings. The topological polar surface area (TPSA) is 60.4 Å². The highest BCUT2D eigenvalue weighted by Crippen LogP contribution is 2.35. The van der Waals surface area contributed by atoms with Gasteiger partial charge in [0.2, 0.25) is 17.3 Å². The van der Waals surface area contributed by atoms with Crippen LogP contribution >= 0.6 is 0 Å². The molecule has 0 aliphatic carbocycles. The van der Waals surface area contributed by atoms with E-state index in [2.05, 4.69) is 0 Å². The number of hydrogen-bond acceptors (Lipinski definition) is 2. The van der Waals surface area contributed by atoms with E-state index in [1.165, 1.54) is 0 Å². The number of phenolic OH excluding ortho intramolecular Hbond substituents is 2. The molecule has 0 aliphatic heterocycles. The van der Waals surface area contributed by atoms with Crippen molar-refractivity contribution in [2.45, 2.75) is 0 Å². The molecule has 1 aromatic rings. The number of halogens is 2. The van der Waals surface area contributed by atoms with Gasteiger partial charge in [0.1, 0.15) is 0 Å². The molecule has 59 valence electrons. The fraction of sp³-hybridized carbons (Fsp3) is 0. The summed E-state index contributed by atoms with van der Waals surface area (Å²) >= 11 is 0. The van der Waals surface area contributed by atoms with Crippen molar-refractivity contribution in [3.8, 4) is 17.2 Å². The molecule has 0 atom stereocenters. The van der Waals surface area contributed by atoms with Crippen molar-refractivity contribution in [2.75, 3.05) is 0 Å². The van der Waals surface area contributed by atoms with Crippen LogP contribution in [0.25, 0.3) is 0 Å². The van der Waals surface area contributed by atoms with Gasteiger partial charge < -0.3 is 10.2 Å². The molecule has 0 saturated carbocycles. The van der Waals surface area contributed by atoms with Crippen molar-refractivity contribution in [3.63, 3.8) is 0 Å². The molecule has 1 rings (SSSR count). The Labute approximate surface area is 60.1 Å². The maximum Gasteiger partial charge on any atom is 0.221 e. The predicted molar refractivity (Wildman–Crippen MR) is 29.8 cm³/mol. The van der Waals surface area contributed by atoms with Gasteiger partial charge in [-0.3, -0.25) is 5.11 Å². The van der Waals surface area contributed by atoms with Crippen LogP contribution in [0.4, 0.5) is 8.78 Å². The molecule has 0 unspecified atom stereocenters. The minimum atomic E-state index is -1.55. The van der Waals surface area contributed by atoms with Gasteiger partial charge in [-0.05, 0) is 0 Å². The minimum Gasteiger partial charge on any atom is -0.502 e. The molecule has 0 amide bonds. The second-order valence-electron chi connectivity index (χ2n) is 1.87. The van der Waals surface area contributed by atoms with Gasteiger partial charge in [0.15, 0.2) is 11.6 Å². The Morgan fingerprint density at radius 1 is 1.18 bits per heavy atom. The van der Waals surface area contributed by atoms with E-state index in [4.69, 9.17) is 10.2 Å². The van der Waals surface area contributed by atoms with Crippen molar-refractivity contribution in [3.05, 3.63) is 17.7 Å². The van der Waals surface area contributed by atoms with Gasteiger partial charge in [0.05, 0.1) is 0 Å². The van der Waals surface area contributed by atoms with Gasteiger partial charge in [-0.25, -0.2) is 4.39 Å². The van der Waals surface area contributed by atoms with Crippen LogP contribution in [0.5, 0.6) is 17.2 Å². The molecule has 0 bridgehead atoms. The predicted octanol–water partition coefficient (Wildman–Crippen LogP) is 1.52. The number of hydrogen-bond donors (Lipinski definition) is 2. The number of benzene rings is 1. The van der Waals surface area contributed by atoms with Crippen molar-refractivity contribution in [2.24, 2.45) is 0 Å². The Morgan fingerprint density at radius 2 is 1.73 bits per heavy atom. The summed E-state index contributed by atoms with van der Waals surface area (Å²) in [5, 5.41) is 27.3. The molecule has 0 aromatic heterocycles. The van der Waals surface area contributed by atoms with E-state index in [0.29, 0.717) is 0 Å². The summed E-state index contributed by atoms with van der Waals surface area (Å²) in [5.41, 5.74) is 0. The maximum absolute atomic E-state index is 12.3. The maximum atomic E-state index is 12.3. The first-order chi connectivity index (χ1) is 5.04. The van der Waals surface area contributed by atoms with Gasteiger partial charge in [-0.2, -0.15) is 4.39 Å². The van der Waals surface area contributed by atoms with E-state index in [1.54, 1.807) is 0 Å². The van der Waals surface area contributed by atoms with Crippen molar-refractivity contribution in [1.82, 2.24) is 0 Å². The lowest BCUT2D eigenvalue weighted by Gasteiger charge is -1.99. The second kappa shape index (κ2) is 2.26. The lowest BCUT2D eigenvalue weighted by molar-refractivity contribution is 0.301. The minimum absolute atomic E-state index is 0.254. The quantitative estimate of drug-likeness (QED) is 0.566. The SMILES string of the molecule is [O]c1cc(F)c(O)c(O)c1F. The molecule has 1 radical (unpaired) electrons. The van der Waals surface area contributed by atoms with E-state index >= 15 is 0 Å². The Morgan fingerprint density at radius 3 is 2.27 bits per heavy atom. The number of aromatic hydroxyl groups is 2. The Kier molecular flexibility index (Phi) is 1.56. The molecule has 3 nitrogen and oxygen atoms in total. The summed E-state index contributed by atoms with van der Waals surface area (Å²) in [5.74, 6) is -6.78. The molecule has 0 aliphatic rings. The van der Waals surface area contributed by atoms with Crippen LogP contribution in [0.1, 0.15) is 0 Å². The summed E-state index contributed by atoms with van der Waals surface area (Å²) in [6.07, 6.45) is 0. The number of phenols is 2. The molecule has 2 N–H and O–H groups in total. The summed E-state index contributed by atoms with van der Waals surface area (Å²) < 4.78 is 24.5. The molecular formula is C6H3F2O3. The van der Waals surface area contributed by atoms with Crippen LogP contribution in [0.3, 0.4) is 0 Å². The molecular weight excluding hydrogens is 158 g/mol. The van der Waals surface area contributed by atoms with Crippen LogP contribution in [0.15, 0.2) is 6.07 Å². The fourth-order valence-electron chi connectivity index (χ4n) is 0.581. The lowest BCUT2D eigenvalue weighted by atomic mass is 10.3. The van der Waals surface area contributed by atoms with Crippen LogP contribution in [0.2, 0.25) is 0 Å². The first-order valence-corrected chi connectivity index (χ1v) is 2.61. The average molecular weight is 161 g/mol. The van der Waals surface area contributed by atoms with Gasteiger partial charge in [-0.1, -0.05) is 0 Å². The third kappa shape index (κ3) is 1.04. The zero-order valence-electron chi connectivity index (χ0n) is 5.14. The zero-order valence-corrected chi connectivity index (χ0v) is 5.14. The van der Waals surface area contributed by atoms with Crippen molar-refractivity contribution >= 4 is 0 Å². The highest BCUT2D eigenvalue weighted by atomic mass is 19.1. The van der Waals surface area contributed by atoms with E-state index in [1.807, 2.05) is 0 Å². The van der Waals surface area contributed by atoms with Gasteiger partial charge in [0.25, 0.3) is 0 Å². The fourth-order valence-corrected chi connectivity index (χ4v) is 0.581. The monoisotopic (exact) mass is 161 g/mol. The normalized spacial score (nSPS) is 10.0. The molecule has 1 aromatic carbocycles. The van der Waals surface area contributed by atoms with Crippen molar-refractivity contribution in [1.29, 1.82) is 0 Å². The lowest BCUT2D eigenvalue weighted by Crippen LogP contribution is -1.82. The van der Waals surface area contributed by atoms with Crippen LogP contribution in [-0.4, -0.2) is 10.2 Å². The Hall–Kier alpha value is -1.52. The highest BCUT2D eigenvalue weighted by molar-refractivity contribution is 5.45. The molecule has 0 saturated heterocycles. The van der Waals surface area contributed by atoms with Crippen LogP contribution < -0.4 is 0 Å². The average Bonchev–Trinajstić information content (AvgIpc) is 1.97. The molecule has 0 heterocycles. The Balaban J connectivity index is 3.46. The standard InChI is InChI=1S/C6H3F2O3/c7-2-1-3(9)4(8)6(11)5(2)10/h1,10-11H. The van der Waals surface area contributed by atoms with Crippen molar-refractivity contribution < 1.29 is 24.1 Å². The van der Waals surface area contributed by atoms with Crippen LogP contribution in [0, 0.1) is 11.6 Å². The summed E-state index contributed by atoms with van der Waals surface area (Å²) in [7, 11) is 0. The highest BCUT2D eigenvalue weighted by Gasteiger charge is 2.17. The first kappa shape index (κ1) is 7.59. The zero-order chi connectivity index (χ0) is 8.59. The van der Waals surface area contributed by atoms with Gasteiger partial charge in [-0.15, -0.1) is 0 Å². The van der Waals surface area contributed by atoms with Gasteiger partial charge >= 0.3 is 0 Å². The molecule has 11 heavy (non-hydrogen) atoms. The Bertz CT molecular complexity index is 272. The second-order valence-corrected chi connectivity index (χ2v) is 1.87. The van der Waals surface area contributed by atoms with Gasteiger partial charge in [0, 0.05) is 6.07 Å². The smallest absolute Gasteiger partial charge is 0.221 e. The van der Waals surface area contributed by atoms with E-state index in [9.17, 15) is 13.9 Å². The summed E-state index contributed by atoms with van der Waals surface area (Å²) in [6.45, 7) is 0. The van der Waals surface area contributed by atoms with Crippen LogP contribution in [-0.2, 0) is 5.11 Å².